The van der Waals surface area contributed by atoms with E-state index in [0.29, 0.717) is 48.5 Å². The van der Waals surface area contributed by atoms with E-state index in [0.717, 1.165) is 42.8 Å². The van der Waals surface area contributed by atoms with Crippen molar-refractivity contribution in [1.29, 1.82) is 0 Å². The first-order valence-corrected chi connectivity index (χ1v) is 13.2. The van der Waals surface area contributed by atoms with E-state index in [9.17, 15) is 22.8 Å². The zero-order chi connectivity index (χ0) is 26.4. The number of rotatable bonds is 9. The van der Waals surface area contributed by atoms with Gasteiger partial charge in [-0.3, -0.25) is 9.59 Å². The number of aromatic nitrogens is 1. The van der Waals surface area contributed by atoms with Crippen LogP contribution in [0.3, 0.4) is 0 Å². The molecular formula is C28H29F3N2O3S. The molecule has 0 N–H and O–H groups in total. The Hall–Kier alpha value is -3.04. The molecule has 0 radical (unpaired) electrons. The minimum absolute atomic E-state index is 0.0473. The van der Waals surface area contributed by atoms with Crippen molar-refractivity contribution in [3.8, 4) is 11.1 Å². The van der Waals surface area contributed by atoms with Crippen molar-refractivity contribution in [3.63, 3.8) is 0 Å². The largest absolute Gasteiger partial charge is 0.416 e. The van der Waals surface area contributed by atoms with Crippen LogP contribution in [0.4, 0.5) is 13.2 Å². The first kappa shape index (κ1) is 27.0. The fourth-order valence-corrected chi connectivity index (χ4v) is 5.52. The second-order valence-electron chi connectivity index (χ2n) is 9.13. The van der Waals surface area contributed by atoms with Gasteiger partial charge in [-0.05, 0) is 55.0 Å². The first-order chi connectivity index (χ1) is 17.8. The minimum Gasteiger partial charge on any atom is -0.385 e. The number of ketones is 1. The van der Waals surface area contributed by atoms with E-state index in [1.54, 1.807) is 36.3 Å². The predicted molar refractivity (Wildman–Crippen MR) is 137 cm³/mol. The van der Waals surface area contributed by atoms with Crippen molar-refractivity contribution in [2.75, 3.05) is 26.8 Å². The summed E-state index contributed by atoms with van der Waals surface area (Å²) in [5.74, 6) is 0.0975. The molecule has 37 heavy (non-hydrogen) atoms. The van der Waals surface area contributed by atoms with Crippen LogP contribution in [0.25, 0.3) is 11.1 Å². The predicted octanol–water partition coefficient (Wildman–Crippen LogP) is 6.85. The highest BCUT2D eigenvalue weighted by Gasteiger charge is 2.31. The number of carbonyl (C=O) groups is 2. The summed E-state index contributed by atoms with van der Waals surface area (Å²) in [7, 11) is 1.64. The molecule has 1 aliphatic heterocycles. The highest BCUT2D eigenvalue weighted by Crippen LogP contribution is 2.34. The Balaban J connectivity index is 1.38. The van der Waals surface area contributed by atoms with Crippen molar-refractivity contribution in [3.05, 3.63) is 75.7 Å². The van der Waals surface area contributed by atoms with Gasteiger partial charge in [0.25, 0.3) is 5.91 Å². The van der Waals surface area contributed by atoms with Gasteiger partial charge in [0.05, 0.1) is 10.6 Å². The fraction of sp³-hybridized carbons (Fsp3) is 0.393. The molecule has 2 aromatic carbocycles. The number of methoxy groups -OCH3 is 1. The molecule has 1 saturated heterocycles. The van der Waals surface area contributed by atoms with Gasteiger partial charge in [0, 0.05) is 50.1 Å². The standard InChI is InChI=1S/C28H29F3N2O3S/c1-36-17-5-4-8-25(34)24-18-37-26(32-24)20-13-15-33(16-14-20)27(35)23-7-3-2-6-22(23)19-9-11-21(12-10-19)28(29,30)31/h2-3,6-7,9-12,18,20H,4-5,8,13-17H2,1H3. The minimum atomic E-state index is -4.41. The molecule has 1 fully saturated rings. The van der Waals surface area contributed by atoms with Crippen molar-refractivity contribution in [1.82, 2.24) is 9.88 Å². The van der Waals surface area contributed by atoms with Crippen LogP contribution < -0.4 is 0 Å². The molecule has 0 unspecified atom stereocenters. The van der Waals surface area contributed by atoms with Gasteiger partial charge in [-0.15, -0.1) is 11.3 Å². The highest BCUT2D eigenvalue weighted by molar-refractivity contribution is 7.09. The summed E-state index contributed by atoms with van der Waals surface area (Å²) in [6, 6.07) is 11.9. The summed E-state index contributed by atoms with van der Waals surface area (Å²) in [5.41, 5.74) is 1.43. The normalized spacial score (nSPS) is 14.6. The second-order valence-corrected chi connectivity index (χ2v) is 10.0. The third kappa shape index (κ3) is 6.64. The van der Waals surface area contributed by atoms with E-state index in [4.69, 9.17) is 4.74 Å². The number of carbonyl (C=O) groups excluding carboxylic acids is 2. The number of piperidine rings is 1. The Morgan fingerprint density at radius 2 is 1.76 bits per heavy atom. The molecule has 4 rings (SSSR count). The van der Waals surface area contributed by atoms with Crippen LogP contribution in [-0.2, 0) is 10.9 Å². The molecule has 0 atom stereocenters. The Bertz CT molecular complexity index is 1220. The van der Waals surface area contributed by atoms with Crippen molar-refractivity contribution in [2.24, 2.45) is 0 Å². The van der Waals surface area contributed by atoms with Crippen molar-refractivity contribution >= 4 is 23.0 Å². The van der Waals surface area contributed by atoms with E-state index in [1.165, 1.54) is 23.5 Å². The van der Waals surface area contributed by atoms with Gasteiger partial charge < -0.3 is 9.64 Å². The number of thiazole rings is 1. The number of alkyl halides is 3. The maximum absolute atomic E-state index is 13.4. The van der Waals surface area contributed by atoms with Gasteiger partial charge in [-0.2, -0.15) is 13.2 Å². The van der Waals surface area contributed by atoms with Crippen LogP contribution >= 0.6 is 11.3 Å². The summed E-state index contributed by atoms with van der Waals surface area (Å²) < 4.78 is 43.9. The summed E-state index contributed by atoms with van der Waals surface area (Å²) in [6.45, 7) is 1.73. The number of likely N-dealkylation sites (tertiary alicyclic amines) is 1. The maximum Gasteiger partial charge on any atom is 0.416 e. The number of hydrogen-bond donors (Lipinski definition) is 0. The van der Waals surface area contributed by atoms with Crippen LogP contribution in [0.15, 0.2) is 53.9 Å². The van der Waals surface area contributed by atoms with Gasteiger partial charge in [-0.25, -0.2) is 4.98 Å². The quantitative estimate of drug-likeness (QED) is 0.224. The van der Waals surface area contributed by atoms with Crippen molar-refractivity contribution in [2.45, 2.75) is 44.2 Å². The van der Waals surface area contributed by atoms with Gasteiger partial charge in [0.15, 0.2) is 5.78 Å². The lowest BCUT2D eigenvalue weighted by Gasteiger charge is -2.31. The van der Waals surface area contributed by atoms with Crippen LogP contribution in [0, 0.1) is 0 Å². The van der Waals surface area contributed by atoms with Gasteiger partial charge in [-0.1, -0.05) is 30.3 Å². The van der Waals surface area contributed by atoms with Crippen LogP contribution in [0.2, 0.25) is 0 Å². The number of amides is 1. The third-order valence-corrected chi connectivity index (χ3v) is 7.63. The number of Topliss-reactive ketones (excluding diaryl/α,β-unsaturated/α-hetero) is 1. The van der Waals surface area contributed by atoms with Gasteiger partial charge in [0.2, 0.25) is 0 Å². The summed E-state index contributed by atoms with van der Waals surface area (Å²) >= 11 is 1.50. The summed E-state index contributed by atoms with van der Waals surface area (Å²) in [6.07, 6.45) is -0.862. The highest BCUT2D eigenvalue weighted by atomic mass is 32.1. The average Bonchev–Trinajstić information content (AvgIpc) is 3.41. The van der Waals surface area contributed by atoms with Crippen LogP contribution in [-0.4, -0.2) is 48.4 Å². The topological polar surface area (TPSA) is 59.5 Å². The molecule has 2 heterocycles. The van der Waals surface area contributed by atoms with Gasteiger partial charge in [0.1, 0.15) is 5.69 Å². The molecule has 196 valence electrons. The molecule has 9 heteroatoms. The zero-order valence-electron chi connectivity index (χ0n) is 20.6. The van der Waals surface area contributed by atoms with E-state index >= 15 is 0 Å². The lowest BCUT2D eigenvalue weighted by atomic mass is 9.94. The lowest BCUT2D eigenvalue weighted by molar-refractivity contribution is -0.137. The van der Waals surface area contributed by atoms with E-state index in [1.807, 2.05) is 5.38 Å². The smallest absolute Gasteiger partial charge is 0.385 e. The SMILES string of the molecule is COCCCCC(=O)c1csc(C2CCN(C(=O)c3ccccc3-c3ccc(C(F)(F)F)cc3)CC2)n1. The fourth-order valence-electron chi connectivity index (χ4n) is 4.52. The molecule has 1 aliphatic rings. The Kier molecular flexibility index (Phi) is 8.76. The molecule has 5 nitrogen and oxygen atoms in total. The number of benzene rings is 2. The van der Waals surface area contributed by atoms with E-state index < -0.39 is 11.7 Å². The van der Waals surface area contributed by atoms with Crippen LogP contribution in [0.5, 0.6) is 0 Å². The number of nitrogens with zero attached hydrogens (tertiary/aromatic N) is 2. The number of unbranched alkanes of at least 4 members (excludes halogenated alkanes) is 1. The Labute approximate surface area is 218 Å². The van der Waals surface area contributed by atoms with Crippen molar-refractivity contribution < 1.29 is 27.5 Å². The molecule has 3 aromatic rings. The number of halogens is 3. The third-order valence-electron chi connectivity index (χ3n) is 6.62. The zero-order valence-corrected chi connectivity index (χ0v) is 21.4. The monoisotopic (exact) mass is 530 g/mol. The number of hydrogen-bond acceptors (Lipinski definition) is 5. The molecule has 0 bridgehead atoms. The van der Waals surface area contributed by atoms with Crippen LogP contribution in [0.1, 0.15) is 69.4 Å². The maximum atomic E-state index is 13.4. The second kappa shape index (κ2) is 12.0. The molecule has 0 spiro atoms. The molecular weight excluding hydrogens is 501 g/mol. The average molecular weight is 531 g/mol. The molecule has 1 amide bonds. The lowest BCUT2D eigenvalue weighted by Crippen LogP contribution is -2.38. The molecule has 1 aromatic heterocycles. The molecule has 0 saturated carbocycles. The van der Waals surface area contributed by atoms with E-state index in [2.05, 4.69) is 4.98 Å². The van der Waals surface area contributed by atoms with Gasteiger partial charge >= 0.3 is 6.18 Å². The Morgan fingerprint density at radius 1 is 1.05 bits per heavy atom. The Morgan fingerprint density at radius 3 is 2.43 bits per heavy atom. The first-order valence-electron chi connectivity index (χ1n) is 12.3. The molecule has 0 aliphatic carbocycles. The summed E-state index contributed by atoms with van der Waals surface area (Å²) in [5, 5.41) is 2.75. The number of ether oxygens (including phenoxy) is 1. The van der Waals surface area contributed by atoms with E-state index in [-0.39, 0.29) is 17.6 Å². The summed E-state index contributed by atoms with van der Waals surface area (Å²) in [4.78, 5) is 32.2.